The van der Waals surface area contributed by atoms with Crippen LogP contribution in [0.2, 0.25) is 0 Å². The molecule has 15 heavy (non-hydrogen) atoms. The second-order valence-corrected chi connectivity index (χ2v) is 4.22. The van der Waals surface area contributed by atoms with Crippen molar-refractivity contribution in [3.63, 3.8) is 0 Å². The monoisotopic (exact) mass is 275 g/mol. The van der Waals surface area contributed by atoms with Gasteiger partial charge in [0.1, 0.15) is 4.47 Å². The lowest BCUT2D eigenvalue weighted by atomic mass is 10.1. The van der Waals surface area contributed by atoms with Gasteiger partial charge in [0.15, 0.2) is 0 Å². The van der Waals surface area contributed by atoms with E-state index in [9.17, 15) is 4.79 Å². The van der Waals surface area contributed by atoms with Gasteiger partial charge in [0, 0.05) is 13.2 Å². The quantitative estimate of drug-likeness (QED) is 0.748. The first-order chi connectivity index (χ1) is 7.15. The van der Waals surface area contributed by atoms with Crippen LogP contribution in [0.4, 0.5) is 5.69 Å². The Balaban J connectivity index is 2.58. The van der Waals surface area contributed by atoms with Gasteiger partial charge in [-0.3, -0.25) is 4.79 Å². The van der Waals surface area contributed by atoms with E-state index in [2.05, 4.69) is 31.4 Å². The fraction of sp³-hybridized carbons (Fsp3) is 0.556. The van der Waals surface area contributed by atoms with Crippen molar-refractivity contribution in [2.75, 3.05) is 18.5 Å². The molecule has 1 unspecified atom stereocenters. The molecule has 0 saturated carbocycles. The van der Waals surface area contributed by atoms with Crippen LogP contribution in [0.3, 0.4) is 0 Å². The first-order valence-electron chi connectivity index (χ1n) is 4.73. The molecule has 0 radical (unpaired) electrons. The fourth-order valence-electron chi connectivity index (χ4n) is 1.11. The highest BCUT2D eigenvalue weighted by atomic mass is 79.9. The zero-order valence-corrected chi connectivity index (χ0v) is 10.0. The molecule has 0 aliphatic heterocycles. The third kappa shape index (κ3) is 3.64. The van der Waals surface area contributed by atoms with Crippen molar-refractivity contribution in [2.24, 2.45) is 5.92 Å². The molecule has 1 aromatic heterocycles. The minimum atomic E-state index is -0.255. The third-order valence-electron chi connectivity index (χ3n) is 2.06. The molecule has 0 aliphatic carbocycles. The second-order valence-electron chi connectivity index (χ2n) is 3.43. The molecule has 6 heteroatoms. The molecule has 84 valence electrons. The molecule has 0 bridgehead atoms. The predicted octanol–water partition coefficient (Wildman–Crippen LogP) is 0.963. The van der Waals surface area contributed by atoms with Crippen LogP contribution in [-0.4, -0.2) is 28.5 Å². The summed E-state index contributed by atoms with van der Waals surface area (Å²) in [6.45, 7) is 2.90. The number of aliphatic hydroxyl groups excluding tert-OH is 1. The topological polar surface area (TPSA) is 78.0 Å². The summed E-state index contributed by atoms with van der Waals surface area (Å²) in [5.74, 6) is 0.348. The summed E-state index contributed by atoms with van der Waals surface area (Å²) in [7, 11) is 0. The Morgan fingerprint density at radius 2 is 2.47 bits per heavy atom. The minimum Gasteiger partial charge on any atom is -0.396 e. The van der Waals surface area contributed by atoms with Crippen molar-refractivity contribution in [2.45, 2.75) is 13.3 Å². The highest BCUT2D eigenvalue weighted by Crippen LogP contribution is 2.15. The number of H-pyrrole nitrogens is 1. The molecule has 0 spiro atoms. The number of nitrogens with zero attached hydrogens (tertiary/aromatic N) is 1. The number of aromatic nitrogens is 2. The number of nitrogens with one attached hydrogen (secondary N) is 2. The fourth-order valence-corrected chi connectivity index (χ4v) is 1.44. The van der Waals surface area contributed by atoms with E-state index in [4.69, 9.17) is 5.11 Å². The number of hydrogen-bond acceptors (Lipinski definition) is 4. The molecule has 1 atom stereocenters. The van der Waals surface area contributed by atoms with Crippen LogP contribution < -0.4 is 10.9 Å². The molecule has 0 saturated heterocycles. The van der Waals surface area contributed by atoms with Crippen LogP contribution in [0.25, 0.3) is 0 Å². The van der Waals surface area contributed by atoms with E-state index in [1.807, 2.05) is 6.92 Å². The molecule has 0 fully saturated rings. The predicted molar refractivity (Wildman–Crippen MR) is 61.9 cm³/mol. The molecule has 0 aliphatic rings. The Labute approximate surface area is 96.0 Å². The smallest absolute Gasteiger partial charge is 0.280 e. The summed E-state index contributed by atoms with van der Waals surface area (Å²) >= 11 is 3.17. The summed E-state index contributed by atoms with van der Waals surface area (Å²) in [5.41, 5.74) is 0.415. The van der Waals surface area contributed by atoms with Crippen LogP contribution in [-0.2, 0) is 0 Å². The van der Waals surface area contributed by atoms with E-state index in [0.29, 0.717) is 22.6 Å². The van der Waals surface area contributed by atoms with Crippen molar-refractivity contribution < 1.29 is 5.11 Å². The van der Waals surface area contributed by atoms with Gasteiger partial charge in [-0.2, -0.15) is 5.10 Å². The first kappa shape index (κ1) is 12.2. The highest BCUT2D eigenvalue weighted by molar-refractivity contribution is 9.10. The average molecular weight is 276 g/mol. The summed E-state index contributed by atoms with van der Waals surface area (Å²) in [6.07, 6.45) is 2.29. The minimum absolute atomic E-state index is 0.178. The summed E-state index contributed by atoms with van der Waals surface area (Å²) < 4.78 is 0.452. The van der Waals surface area contributed by atoms with Crippen LogP contribution in [0.1, 0.15) is 13.3 Å². The van der Waals surface area contributed by atoms with Crippen molar-refractivity contribution in [3.8, 4) is 0 Å². The molecule has 3 N–H and O–H groups in total. The molecule has 1 heterocycles. The summed E-state index contributed by atoms with van der Waals surface area (Å²) in [6, 6.07) is 0. The van der Waals surface area contributed by atoms with Crippen LogP contribution >= 0.6 is 15.9 Å². The zero-order valence-electron chi connectivity index (χ0n) is 8.46. The van der Waals surface area contributed by atoms with E-state index in [1.54, 1.807) is 6.20 Å². The van der Waals surface area contributed by atoms with Crippen LogP contribution in [0.15, 0.2) is 15.5 Å². The maximum absolute atomic E-state index is 11.2. The maximum Gasteiger partial charge on any atom is 0.280 e. The highest BCUT2D eigenvalue weighted by Gasteiger charge is 2.06. The number of anilines is 1. The summed E-state index contributed by atoms with van der Waals surface area (Å²) in [4.78, 5) is 11.2. The Morgan fingerprint density at radius 1 is 1.73 bits per heavy atom. The van der Waals surface area contributed by atoms with Crippen molar-refractivity contribution in [3.05, 3.63) is 21.0 Å². The molecule has 5 nitrogen and oxygen atoms in total. The Morgan fingerprint density at radius 3 is 3.13 bits per heavy atom. The van der Waals surface area contributed by atoms with E-state index in [1.165, 1.54) is 0 Å². The maximum atomic E-state index is 11.2. The largest absolute Gasteiger partial charge is 0.396 e. The van der Waals surface area contributed by atoms with E-state index in [-0.39, 0.29) is 12.2 Å². The van der Waals surface area contributed by atoms with E-state index < -0.39 is 0 Å². The van der Waals surface area contributed by atoms with Gasteiger partial charge >= 0.3 is 0 Å². The SMILES string of the molecule is CC(CCO)CNc1cn[nH]c(=O)c1Br. The lowest BCUT2D eigenvalue weighted by Gasteiger charge is -2.12. The molecule has 0 amide bonds. The van der Waals surface area contributed by atoms with Crippen LogP contribution in [0, 0.1) is 5.92 Å². The molecule has 1 aromatic rings. The van der Waals surface area contributed by atoms with Gasteiger partial charge in [-0.15, -0.1) is 0 Å². The molecule has 1 rings (SSSR count). The standard InChI is InChI=1S/C9H14BrN3O2/c1-6(2-3-14)4-11-7-5-12-13-9(15)8(7)10/h5-6,14H,2-4H2,1H3,(H2,11,13,15). The Bertz CT molecular complexity index is 367. The average Bonchev–Trinajstić information content (AvgIpc) is 2.21. The van der Waals surface area contributed by atoms with Crippen molar-refractivity contribution >= 4 is 21.6 Å². The van der Waals surface area contributed by atoms with Crippen molar-refractivity contribution in [1.82, 2.24) is 10.2 Å². The number of hydrogen-bond donors (Lipinski definition) is 3. The van der Waals surface area contributed by atoms with Gasteiger partial charge in [0.05, 0.1) is 11.9 Å². The van der Waals surface area contributed by atoms with Gasteiger partial charge in [-0.05, 0) is 28.3 Å². The van der Waals surface area contributed by atoms with E-state index >= 15 is 0 Å². The van der Waals surface area contributed by atoms with Crippen molar-refractivity contribution in [1.29, 1.82) is 0 Å². The summed E-state index contributed by atoms with van der Waals surface area (Å²) in [5, 5.41) is 17.8. The normalized spacial score (nSPS) is 12.5. The number of aliphatic hydroxyl groups is 1. The van der Waals surface area contributed by atoms with Gasteiger partial charge in [0.25, 0.3) is 5.56 Å². The second kappa shape index (κ2) is 5.87. The van der Waals surface area contributed by atoms with E-state index in [0.717, 1.165) is 6.42 Å². The molecular weight excluding hydrogens is 262 g/mol. The van der Waals surface area contributed by atoms with Crippen LogP contribution in [0.5, 0.6) is 0 Å². The lowest BCUT2D eigenvalue weighted by molar-refractivity contribution is 0.266. The third-order valence-corrected chi connectivity index (χ3v) is 2.85. The number of aromatic amines is 1. The lowest BCUT2D eigenvalue weighted by Crippen LogP contribution is -2.16. The van der Waals surface area contributed by atoms with Gasteiger partial charge < -0.3 is 10.4 Å². The molecular formula is C9H14BrN3O2. The Kier molecular flexibility index (Phi) is 4.77. The van der Waals surface area contributed by atoms with Gasteiger partial charge in [-0.25, -0.2) is 5.10 Å². The van der Waals surface area contributed by atoms with Gasteiger partial charge in [0.2, 0.25) is 0 Å². The zero-order chi connectivity index (χ0) is 11.3. The molecule has 0 aromatic carbocycles. The first-order valence-corrected chi connectivity index (χ1v) is 5.52. The number of rotatable bonds is 5. The number of halogens is 1. The van der Waals surface area contributed by atoms with Gasteiger partial charge in [-0.1, -0.05) is 6.92 Å². The Hall–Kier alpha value is -0.880.